The van der Waals surface area contributed by atoms with E-state index in [4.69, 9.17) is 5.73 Å². The minimum Gasteiger partial charge on any atom is -0.325 e. The average Bonchev–Trinajstić information content (AvgIpc) is 2.62. The molecular weight excluding hydrogens is 302 g/mol. The normalized spacial score (nSPS) is 31.7. The molecule has 0 aromatic carbocycles. The van der Waals surface area contributed by atoms with Crippen LogP contribution in [0, 0.1) is 18.8 Å². The molecule has 1 aliphatic rings. The molecule has 0 radical (unpaired) electrons. The molecular formula is C15H26BrN3. The zero-order valence-electron chi connectivity index (χ0n) is 12.5. The molecule has 0 spiro atoms. The third-order valence-electron chi connectivity index (χ3n) is 4.77. The van der Waals surface area contributed by atoms with Crippen molar-refractivity contribution in [2.24, 2.45) is 17.6 Å². The second kappa shape index (κ2) is 5.57. The first-order chi connectivity index (χ1) is 8.86. The number of nitrogens with zero attached hydrogens (tertiary/aromatic N) is 2. The maximum atomic E-state index is 6.68. The van der Waals surface area contributed by atoms with Gasteiger partial charge in [-0.15, -0.1) is 0 Å². The van der Waals surface area contributed by atoms with Gasteiger partial charge in [0, 0.05) is 18.5 Å². The molecule has 1 saturated carbocycles. The Hall–Kier alpha value is -0.350. The van der Waals surface area contributed by atoms with Gasteiger partial charge < -0.3 is 5.73 Å². The lowest BCUT2D eigenvalue weighted by atomic mass is 9.70. The Balaban J connectivity index is 2.21. The van der Waals surface area contributed by atoms with Crippen molar-refractivity contribution in [2.45, 2.75) is 65.5 Å². The molecule has 1 heterocycles. The van der Waals surface area contributed by atoms with E-state index in [0.29, 0.717) is 0 Å². The van der Waals surface area contributed by atoms with E-state index in [2.05, 4.69) is 53.4 Å². The van der Waals surface area contributed by atoms with Crippen LogP contribution in [0.15, 0.2) is 4.47 Å². The van der Waals surface area contributed by atoms with Gasteiger partial charge in [0.1, 0.15) is 0 Å². The molecule has 1 fully saturated rings. The molecule has 19 heavy (non-hydrogen) atoms. The third-order valence-corrected chi connectivity index (χ3v) is 5.80. The summed E-state index contributed by atoms with van der Waals surface area (Å²) in [5.74, 6) is 1.52. The molecule has 3 unspecified atom stereocenters. The van der Waals surface area contributed by atoms with Crippen molar-refractivity contribution in [3.63, 3.8) is 0 Å². The third kappa shape index (κ3) is 3.05. The highest BCUT2D eigenvalue weighted by Crippen LogP contribution is 2.37. The van der Waals surface area contributed by atoms with E-state index in [9.17, 15) is 0 Å². The first kappa shape index (κ1) is 15.0. The number of hydrogen-bond acceptors (Lipinski definition) is 2. The maximum absolute atomic E-state index is 6.68. The maximum Gasteiger partial charge on any atom is 0.0738 e. The van der Waals surface area contributed by atoms with E-state index in [0.717, 1.165) is 47.8 Å². The highest BCUT2D eigenvalue weighted by molar-refractivity contribution is 9.10. The predicted molar refractivity (Wildman–Crippen MR) is 83.1 cm³/mol. The van der Waals surface area contributed by atoms with Crippen LogP contribution in [0.3, 0.4) is 0 Å². The Labute approximate surface area is 125 Å². The molecule has 1 aliphatic carbocycles. The van der Waals surface area contributed by atoms with Gasteiger partial charge in [0.05, 0.1) is 15.9 Å². The topological polar surface area (TPSA) is 43.8 Å². The second-order valence-corrected chi connectivity index (χ2v) is 7.19. The van der Waals surface area contributed by atoms with Gasteiger partial charge in [-0.25, -0.2) is 0 Å². The Kier molecular flexibility index (Phi) is 4.41. The average molecular weight is 328 g/mol. The molecule has 3 atom stereocenters. The van der Waals surface area contributed by atoms with Crippen LogP contribution in [0.4, 0.5) is 0 Å². The van der Waals surface area contributed by atoms with Crippen molar-refractivity contribution in [1.29, 1.82) is 0 Å². The van der Waals surface area contributed by atoms with Gasteiger partial charge in [-0.1, -0.05) is 13.8 Å². The summed E-state index contributed by atoms with van der Waals surface area (Å²) in [6, 6.07) is 0. The van der Waals surface area contributed by atoms with E-state index < -0.39 is 0 Å². The Morgan fingerprint density at radius 3 is 2.68 bits per heavy atom. The van der Waals surface area contributed by atoms with Crippen molar-refractivity contribution < 1.29 is 0 Å². The fourth-order valence-corrected chi connectivity index (χ4v) is 3.70. The molecule has 1 aromatic rings. The van der Waals surface area contributed by atoms with E-state index >= 15 is 0 Å². The summed E-state index contributed by atoms with van der Waals surface area (Å²) in [5.41, 5.74) is 8.96. The van der Waals surface area contributed by atoms with Crippen LogP contribution in [-0.4, -0.2) is 15.3 Å². The lowest BCUT2D eigenvalue weighted by Crippen LogP contribution is -2.48. The molecule has 2 N–H and O–H groups in total. The summed E-state index contributed by atoms with van der Waals surface area (Å²) in [4.78, 5) is 0. The summed E-state index contributed by atoms with van der Waals surface area (Å²) in [6.45, 7) is 9.78. The zero-order valence-corrected chi connectivity index (χ0v) is 14.1. The monoisotopic (exact) mass is 327 g/mol. The number of nitrogens with two attached hydrogens (primary N) is 1. The minimum atomic E-state index is -0.0617. The standard InChI is InChI=1S/C15H26BrN3/c1-5-19-13(14(16)12(4)18-19)9-15(17)7-6-10(2)11(3)8-15/h10-11H,5-9,17H2,1-4H3. The van der Waals surface area contributed by atoms with Crippen molar-refractivity contribution in [3.8, 4) is 0 Å². The number of aromatic nitrogens is 2. The number of aryl methyl sites for hydroxylation is 2. The van der Waals surface area contributed by atoms with E-state index in [1.165, 1.54) is 12.1 Å². The van der Waals surface area contributed by atoms with Gasteiger partial charge in [-0.05, 0) is 60.9 Å². The number of rotatable bonds is 3. The van der Waals surface area contributed by atoms with Gasteiger partial charge in [-0.3, -0.25) is 4.68 Å². The lowest BCUT2D eigenvalue weighted by Gasteiger charge is -2.40. The van der Waals surface area contributed by atoms with E-state index in [1.54, 1.807) is 0 Å². The van der Waals surface area contributed by atoms with Gasteiger partial charge >= 0.3 is 0 Å². The van der Waals surface area contributed by atoms with Crippen LogP contribution in [0.5, 0.6) is 0 Å². The molecule has 1 aromatic heterocycles. The highest BCUT2D eigenvalue weighted by Gasteiger charge is 2.36. The summed E-state index contributed by atoms with van der Waals surface area (Å²) >= 11 is 3.68. The second-order valence-electron chi connectivity index (χ2n) is 6.40. The first-order valence-electron chi connectivity index (χ1n) is 7.37. The van der Waals surface area contributed by atoms with E-state index in [1.807, 2.05) is 0 Å². The quantitative estimate of drug-likeness (QED) is 0.920. The Morgan fingerprint density at radius 1 is 1.42 bits per heavy atom. The fourth-order valence-electron chi connectivity index (χ4n) is 3.28. The van der Waals surface area contributed by atoms with Crippen LogP contribution < -0.4 is 5.73 Å². The van der Waals surface area contributed by atoms with Crippen LogP contribution in [0.2, 0.25) is 0 Å². The van der Waals surface area contributed by atoms with Crippen molar-refractivity contribution in [3.05, 3.63) is 15.9 Å². The zero-order chi connectivity index (χ0) is 14.2. The predicted octanol–water partition coefficient (Wildman–Crippen LogP) is 3.67. The van der Waals surface area contributed by atoms with Crippen LogP contribution in [0.25, 0.3) is 0 Å². The summed E-state index contributed by atoms with van der Waals surface area (Å²) in [6.07, 6.45) is 4.42. The molecule has 3 nitrogen and oxygen atoms in total. The van der Waals surface area contributed by atoms with Gasteiger partial charge in [0.25, 0.3) is 0 Å². The number of hydrogen-bond donors (Lipinski definition) is 1. The molecule has 4 heteroatoms. The number of halogens is 1. The van der Waals surface area contributed by atoms with Crippen LogP contribution in [0.1, 0.15) is 51.4 Å². The Morgan fingerprint density at radius 2 is 2.11 bits per heavy atom. The minimum absolute atomic E-state index is 0.0617. The molecule has 0 bridgehead atoms. The molecule has 108 valence electrons. The lowest BCUT2D eigenvalue weighted by molar-refractivity contribution is 0.173. The van der Waals surface area contributed by atoms with E-state index in [-0.39, 0.29) is 5.54 Å². The van der Waals surface area contributed by atoms with Crippen molar-refractivity contribution in [2.75, 3.05) is 0 Å². The summed E-state index contributed by atoms with van der Waals surface area (Å²) < 4.78 is 3.24. The summed E-state index contributed by atoms with van der Waals surface area (Å²) in [5, 5.41) is 4.57. The molecule has 0 saturated heterocycles. The largest absolute Gasteiger partial charge is 0.325 e. The molecule has 0 aliphatic heterocycles. The van der Waals surface area contributed by atoms with Gasteiger partial charge in [0.2, 0.25) is 0 Å². The molecule has 0 amide bonds. The van der Waals surface area contributed by atoms with Crippen LogP contribution >= 0.6 is 15.9 Å². The van der Waals surface area contributed by atoms with Gasteiger partial charge in [-0.2, -0.15) is 5.10 Å². The van der Waals surface area contributed by atoms with Crippen LogP contribution in [-0.2, 0) is 13.0 Å². The SMILES string of the molecule is CCn1nc(C)c(Br)c1CC1(N)CCC(C)C(C)C1. The van der Waals surface area contributed by atoms with Crippen molar-refractivity contribution >= 4 is 15.9 Å². The smallest absolute Gasteiger partial charge is 0.0738 e. The van der Waals surface area contributed by atoms with Crippen molar-refractivity contribution in [1.82, 2.24) is 9.78 Å². The fraction of sp³-hybridized carbons (Fsp3) is 0.800. The first-order valence-corrected chi connectivity index (χ1v) is 8.16. The Bertz CT molecular complexity index is 454. The molecule has 2 rings (SSSR count). The summed E-state index contributed by atoms with van der Waals surface area (Å²) in [7, 11) is 0. The highest BCUT2D eigenvalue weighted by atomic mass is 79.9. The van der Waals surface area contributed by atoms with Gasteiger partial charge in [0.15, 0.2) is 0 Å².